The Kier molecular flexibility index (Phi) is 4.16. The maximum atomic E-state index is 13.6. The first kappa shape index (κ1) is 12.6. The third-order valence-corrected chi connectivity index (χ3v) is 3.75. The quantitative estimate of drug-likeness (QED) is 0.791. The van der Waals surface area contributed by atoms with Crippen molar-refractivity contribution in [3.05, 3.63) is 34.6 Å². The van der Waals surface area contributed by atoms with E-state index in [1.54, 1.807) is 12.1 Å². The number of ketones is 1. The van der Waals surface area contributed by atoms with Crippen LogP contribution in [-0.4, -0.2) is 5.78 Å². The predicted molar refractivity (Wildman–Crippen MR) is 66.7 cm³/mol. The molecule has 2 rings (SSSR count). The Morgan fingerprint density at radius 1 is 1.29 bits per heavy atom. The zero-order valence-corrected chi connectivity index (χ0v) is 10.5. The van der Waals surface area contributed by atoms with Crippen LogP contribution in [0.15, 0.2) is 18.2 Å². The largest absolute Gasteiger partial charge is 0.299 e. The van der Waals surface area contributed by atoms with E-state index in [2.05, 4.69) is 0 Å². The van der Waals surface area contributed by atoms with E-state index in [1.165, 1.54) is 12.5 Å². The summed E-state index contributed by atoms with van der Waals surface area (Å²) in [6.07, 6.45) is 5.55. The van der Waals surface area contributed by atoms with Crippen molar-refractivity contribution in [1.82, 2.24) is 0 Å². The van der Waals surface area contributed by atoms with Crippen LogP contribution in [0.2, 0.25) is 5.02 Å². The van der Waals surface area contributed by atoms with Gasteiger partial charge in [-0.25, -0.2) is 4.39 Å². The summed E-state index contributed by atoms with van der Waals surface area (Å²) in [5, 5.41) is 0.0962. The molecule has 1 saturated carbocycles. The molecule has 1 aromatic rings. The Morgan fingerprint density at radius 2 is 2.00 bits per heavy atom. The fraction of sp³-hybridized carbons (Fsp3) is 0.500. The monoisotopic (exact) mass is 254 g/mol. The van der Waals surface area contributed by atoms with Crippen molar-refractivity contribution >= 4 is 17.4 Å². The van der Waals surface area contributed by atoms with Crippen LogP contribution in [0.1, 0.15) is 37.7 Å². The van der Waals surface area contributed by atoms with E-state index in [0.29, 0.717) is 5.56 Å². The van der Waals surface area contributed by atoms with Crippen LogP contribution in [0.25, 0.3) is 0 Å². The van der Waals surface area contributed by atoms with Crippen LogP contribution in [0.5, 0.6) is 0 Å². The van der Waals surface area contributed by atoms with Gasteiger partial charge in [0.15, 0.2) is 0 Å². The standard InChI is InChI=1S/C14H16ClFO/c15-12-8-4-7-11(14(12)16)9-13(17)10-5-2-1-3-6-10/h4,7-8,10H,1-3,5-6,9H2. The van der Waals surface area contributed by atoms with Gasteiger partial charge in [-0.05, 0) is 24.5 Å². The van der Waals surface area contributed by atoms with E-state index in [4.69, 9.17) is 11.6 Å². The smallest absolute Gasteiger partial charge is 0.145 e. The normalized spacial score (nSPS) is 17.1. The van der Waals surface area contributed by atoms with Gasteiger partial charge in [-0.15, -0.1) is 0 Å². The highest BCUT2D eigenvalue weighted by Crippen LogP contribution is 2.26. The summed E-state index contributed by atoms with van der Waals surface area (Å²) in [4.78, 5) is 12.0. The van der Waals surface area contributed by atoms with E-state index in [9.17, 15) is 9.18 Å². The van der Waals surface area contributed by atoms with Crippen LogP contribution >= 0.6 is 11.6 Å². The van der Waals surface area contributed by atoms with Gasteiger partial charge < -0.3 is 0 Å². The van der Waals surface area contributed by atoms with Gasteiger partial charge in [-0.2, -0.15) is 0 Å². The number of rotatable bonds is 3. The second-order valence-corrected chi connectivity index (χ2v) is 5.10. The fourth-order valence-electron chi connectivity index (χ4n) is 2.44. The predicted octanol–water partition coefficient (Wildman–Crippen LogP) is 4.17. The van der Waals surface area contributed by atoms with Gasteiger partial charge in [0.1, 0.15) is 11.6 Å². The molecule has 1 aliphatic carbocycles. The van der Waals surface area contributed by atoms with Gasteiger partial charge >= 0.3 is 0 Å². The number of hydrogen-bond donors (Lipinski definition) is 0. The molecule has 1 fully saturated rings. The molecule has 0 spiro atoms. The lowest BCUT2D eigenvalue weighted by molar-refractivity contribution is -0.123. The molecule has 0 radical (unpaired) electrons. The molecule has 0 saturated heterocycles. The minimum atomic E-state index is -0.446. The number of hydrogen-bond acceptors (Lipinski definition) is 1. The van der Waals surface area contributed by atoms with E-state index in [0.717, 1.165) is 25.7 Å². The zero-order valence-electron chi connectivity index (χ0n) is 9.72. The summed E-state index contributed by atoms with van der Waals surface area (Å²) in [5.74, 6) is -0.161. The minimum absolute atomic E-state index is 0.0962. The Balaban J connectivity index is 2.04. The number of carbonyl (C=O) groups excluding carboxylic acids is 1. The second kappa shape index (κ2) is 5.63. The van der Waals surface area contributed by atoms with Crippen LogP contribution in [-0.2, 0) is 11.2 Å². The molecule has 0 N–H and O–H groups in total. The molecule has 1 nitrogen and oxygen atoms in total. The van der Waals surface area contributed by atoms with Crippen molar-refractivity contribution in [2.45, 2.75) is 38.5 Å². The molecule has 92 valence electrons. The highest BCUT2D eigenvalue weighted by Gasteiger charge is 2.22. The average molecular weight is 255 g/mol. The summed E-state index contributed by atoms with van der Waals surface area (Å²) >= 11 is 5.70. The fourth-order valence-corrected chi connectivity index (χ4v) is 2.64. The van der Waals surface area contributed by atoms with Gasteiger partial charge in [0.05, 0.1) is 5.02 Å². The summed E-state index contributed by atoms with van der Waals surface area (Å²) in [6.45, 7) is 0. The molecule has 0 amide bonds. The first-order valence-corrected chi connectivity index (χ1v) is 6.52. The van der Waals surface area contributed by atoms with Crippen LogP contribution in [0, 0.1) is 11.7 Å². The SMILES string of the molecule is O=C(Cc1cccc(Cl)c1F)C1CCCCC1. The lowest BCUT2D eigenvalue weighted by Gasteiger charge is -2.20. The van der Waals surface area contributed by atoms with Gasteiger partial charge in [0, 0.05) is 12.3 Å². The van der Waals surface area contributed by atoms with Crippen molar-refractivity contribution in [3.8, 4) is 0 Å². The van der Waals surface area contributed by atoms with Crippen molar-refractivity contribution in [2.24, 2.45) is 5.92 Å². The van der Waals surface area contributed by atoms with Gasteiger partial charge in [-0.3, -0.25) is 4.79 Å². The van der Waals surface area contributed by atoms with Crippen LogP contribution < -0.4 is 0 Å². The van der Waals surface area contributed by atoms with Gasteiger partial charge in [0.2, 0.25) is 0 Å². The number of benzene rings is 1. The average Bonchev–Trinajstić information content (AvgIpc) is 2.36. The summed E-state index contributed by atoms with van der Waals surface area (Å²) < 4.78 is 13.6. The molecule has 1 aromatic carbocycles. The maximum absolute atomic E-state index is 13.6. The van der Waals surface area contributed by atoms with Crippen molar-refractivity contribution < 1.29 is 9.18 Å². The summed E-state index contributed by atoms with van der Waals surface area (Å²) in [5.41, 5.74) is 0.424. The molecule has 3 heteroatoms. The Hall–Kier alpha value is -0.890. The van der Waals surface area contributed by atoms with Crippen molar-refractivity contribution in [2.75, 3.05) is 0 Å². The first-order chi connectivity index (χ1) is 8.18. The third kappa shape index (κ3) is 3.06. The lowest BCUT2D eigenvalue weighted by atomic mass is 9.84. The van der Waals surface area contributed by atoms with Crippen molar-refractivity contribution in [1.29, 1.82) is 0 Å². The summed E-state index contributed by atoms with van der Waals surface area (Å²) in [6, 6.07) is 4.84. The number of halogens is 2. The molecular weight excluding hydrogens is 239 g/mol. The second-order valence-electron chi connectivity index (χ2n) is 4.69. The molecule has 0 unspecified atom stereocenters. The number of Topliss-reactive ketones (excluding diaryl/α,β-unsaturated/α-hetero) is 1. The molecule has 17 heavy (non-hydrogen) atoms. The topological polar surface area (TPSA) is 17.1 Å². The summed E-state index contributed by atoms with van der Waals surface area (Å²) in [7, 11) is 0. The van der Waals surface area contributed by atoms with E-state index >= 15 is 0 Å². The maximum Gasteiger partial charge on any atom is 0.145 e. The van der Waals surface area contributed by atoms with Crippen LogP contribution in [0.3, 0.4) is 0 Å². The molecule has 0 heterocycles. The molecule has 0 aliphatic heterocycles. The highest BCUT2D eigenvalue weighted by molar-refractivity contribution is 6.30. The van der Waals surface area contributed by atoms with E-state index in [1.807, 2.05) is 0 Å². The van der Waals surface area contributed by atoms with Gasteiger partial charge in [0.25, 0.3) is 0 Å². The molecule has 0 aromatic heterocycles. The lowest BCUT2D eigenvalue weighted by Crippen LogP contribution is -2.20. The van der Waals surface area contributed by atoms with Crippen LogP contribution in [0.4, 0.5) is 4.39 Å². The Bertz CT molecular complexity index is 411. The van der Waals surface area contributed by atoms with Gasteiger partial charge in [-0.1, -0.05) is 43.0 Å². The highest BCUT2D eigenvalue weighted by atomic mass is 35.5. The number of carbonyl (C=O) groups is 1. The molecular formula is C14H16ClFO. The molecule has 0 atom stereocenters. The zero-order chi connectivity index (χ0) is 12.3. The molecule has 0 bridgehead atoms. The first-order valence-electron chi connectivity index (χ1n) is 6.14. The Morgan fingerprint density at radius 3 is 2.71 bits per heavy atom. The third-order valence-electron chi connectivity index (χ3n) is 3.46. The van der Waals surface area contributed by atoms with E-state index < -0.39 is 5.82 Å². The van der Waals surface area contributed by atoms with Crippen molar-refractivity contribution in [3.63, 3.8) is 0 Å². The molecule has 1 aliphatic rings. The Labute approximate surface area is 106 Å². The van der Waals surface area contributed by atoms with E-state index in [-0.39, 0.29) is 23.1 Å². The minimum Gasteiger partial charge on any atom is -0.299 e.